The van der Waals surface area contributed by atoms with Crippen LogP contribution in [0.2, 0.25) is 0 Å². The van der Waals surface area contributed by atoms with Gasteiger partial charge in [-0.05, 0) is 33.9 Å². The van der Waals surface area contributed by atoms with E-state index in [2.05, 4.69) is 43.3 Å². The van der Waals surface area contributed by atoms with Crippen LogP contribution in [-0.4, -0.2) is 16.8 Å². The van der Waals surface area contributed by atoms with Gasteiger partial charge in [0.05, 0.1) is 12.4 Å². The van der Waals surface area contributed by atoms with Crippen LogP contribution >= 0.6 is 0 Å². The lowest BCUT2D eigenvalue weighted by Gasteiger charge is -2.10. The van der Waals surface area contributed by atoms with Gasteiger partial charge in [-0.1, -0.05) is 17.7 Å². The van der Waals surface area contributed by atoms with Crippen molar-refractivity contribution in [2.75, 3.05) is 7.05 Å². The zero-order chi connectivity index (χ0) is 13.8. The fourth-order valence-corrected chi connectivity index (χ4v) is 1.92. The van der Waals surface area contributed by atoms with Crippen molar-refractivity contribution in [1.29, 1.82) is 0 Å². The van der Waals surface area contributed by atoms with Crippen LogP contribution in [0.15, 0.2) is 30.6 Å². The van der Waals surface area contributed by atoms with Crippen LogP contribution in [0.5, 0.6) is 11.5 Å². The molecule has 19 heavy (non-hydrogen) atoms. The number of aromatic nitrogens is 2. The molecule has 0 atom stereocenters. The summed E-state index contributed by atoms with van der Waals surface area (Å²) in [6.07, 6.45) is 3.68. The Morgan fingerprint density at radius 1 is 1.37 bits per heavy atom. The van der Waals surface area contributed by atoms with Gasteiger partial charge in [-0.2, -0.15) is 5.10 Å². The van der Waals surface area contributed by atoms with Crippen molar-refractivity contribution < 1.29 is 4.74 Å². The van der Waals surface area contributed by atoms with Crippen LogP contribution < -0.4 is 10.1 Å². The molecule has 0 fully saturated rings. The first-order chi connectivity index (χ1) is 9.10. The molecule has 4 heteroatoms. The Hall–Kier alpha value is -1.81. The average molecular weight is 259 g/mol. The van der Waals surface area contributed by atoms with Crippen molar-refractivity contribution in [3.63, 3.8) is 0 Å². The van der Waals surface area contributed by atoms with Crippen molar-refractivity contribution in [2.45, 2.75) is 33.4 Å². The second-order valence-electron chi connectivity index (χ2n) is 4.99. The Morgan fingerprint density at radius 3 is 2.79 bits per heavy atom. The van der Waals surface area contributed by atoms with Crippen molar-refractivity contribution in [3.05, 3.63) is 41.7 Å². The van der Waals surface area contributed by atoms with Gasteiger partial charge in [0.25, 0.3) is 0 Å². The molecule has 0 saturated carbocycles. The Morgan fingerprint density at radius 2 is 2.16 bits per heavy atom. The highest BCUT2D eigenvalue weighted by atomic mass is 16.5. The van der Waals surface area contributed by atoms with Crippen molar-refractivity contribution in [3.8, 4) is 11.5 Å². The molecule has 0 aliphatic rings. The quantitative estimate of drug-likeness (QED) is 0.895. The smallest absolute Gasteiger partial charge is 0.165 e. The predicted molar refractivity (Wildman–Crippen MR) is 76.6 cm³/mol. The molecular formula is C15H21N3O. The normalized spacial score (nSPS) is 11.0. The van der Waals surface area contributed by atoms with Crippen molar-refractivity contribution >= 4 is 0 Å². The fraction of sp³-hybridized carbons (Fsp3) is 0.400. The third-order valence-corrected chi connectivity index (χ3v) is 2.92. The highest BCUT2D eigenvalue weighted by molar-refractivity contribution is 5.39. The Labute approximate surface area is 114 Å². The van der Waals surface area contributed by atoms with E-state index in [0.29, 0.717) is 6.04 Å². The number of nitrogens with one attached hydrogen (secondary N) is 1. The number of hydrogen-bond acceptors (Lipinski definition) is 3. The summed E-state index contributed by atoms with van der Waals surface area (Å²) in [5, 5.41) is 7.44. The van der Waals surface area contributed by atoms with Gasteiger partial charge in [-0.25, -0.2) is 0 Å². The van der Waals surface area contributed by atoms with Gasteiger partial charge >= 0.3 is 0 Å². The lowest BCUT2D eigenvalue weighted by molar-refractivity contribution is 0.469. The van der Waals surface area contributed by atoms with Crippen LogP contribution in [-0.2, 0) is 6.54 Å². The second kappa shape index (κ2) is 5.89. The van der Waals surface area contributed by atoms with Gasteiger partial charge in [-0.3, -0.25) is 4.68 Å². The minimum absolute atomic E-state index is 0.340. The van der Waals surface area contributed by atoms with Gasteiger partial charge in [0.2, 0.25) is 0 Å². The maximum absolute atomic E-state index is 5.92. The fourth-order valence-electron chi connectivity index (χ4n) is 1.92. The summed E-state index contributed by atoms with van der Waals surface area (Å²) in [4.78, 5) is 0. The number of rotatable bonds is 5. The molecule has 1 aromatic heterocycles. The van der Waals surface area contributed by atoms with E-state index in [1.165, 1.54) is 5.56 Å². The van der Waals surface area contributed by atoms with Gasteiger partial charge in [0.1, 0.15) is 5.75 Å². The van der Waals surface area contributed by atoms with Gasteiger partial charge in [0, 0.05) is 18.2 Å². The van der Waals surface area contributed by atoms with Crippen LogP contribution in [0, 0.1) is 6.92 Å². The number of aryl methyl sites for hydroxylation is 1. The Balaban J connectivity index is 2.21. The molecular weight excluding hydrogens is 238 g/mol. The molecule has 0 amide bonds. The first-order valence-corrected chi connectivity index (χ1v) is 6.56. The summed E-state index contributed by atoms with van der Waals surface area (Å²) in [7, 11) is 1.93. The van der Waals surface area contributed by atoms with E-state index in [-0.39, 0.29) is 0 Å². The molecule has 0 saturated heterocycles. The molecule has 2 rings (SSSR count). The van der Waals surface area contributed by atoms with Gasteiger partial charge in [0.15, 0.2) is 5.75 Å². The molecule has 102 valence electrons. The summed E-state index contributed by atoms with van der Waals surface area (Å²) in [6.45, 7) is 7.05. The molecule has 1 heterocycles. The summed E-state index contributed by atoms with van der Waals surface area (Å²) < 4.78 is 7.81. The van der Waals surface area contributed by atoms with Crippen LogP contribution in [0.1, 0.15) is 31.0 Å². The number of ether oxygens (including phenoxy) is 1. The SMILES string of the molecule is CNCc1cc(C)ccc1Oc1cnn(C(C)C)c1. The summed E-state index contributed by atoms with van der Waals surface area (Å²) in [6, 6.07) is 6.54. The Kier molecular flexibility index (Phi) is 4.22. The van der Waals surface area contributed by atoms with Crippen LogP contribution in [0.4, 0.5) is 0 Å². The first kappa shape index (κ1) is 13.6. The minimum atomic E-state index is 0.340. The lowest BCUT2D eigenvalue weighted by atomic mass is 10.1. The summed E-state index contributed by atoms with van der Waals surface area (Å²) >= 11 is 0. The molecule has 1 N–H and O–H groups in total. The molecule has 0 aliphatic heterocycles. The molecule has 0 unspecified atom stereocenters. The van der Waals surface area contributed by atoms with E-state index >= 15 is 0 Å². The maximum atomic E-state index is 5.92. The summed E-state index contributed by atoms with van der Waals surface area (Å²) in [5.41, 5.74) is 2.38. The maximum Gasteiger partial charge on any atom is 0.165 e. The van der Waals surface area contributed by atoms with Crippen molar-refractivity contribution in [2.24, 2.45) is 0 Å². The zero-order valence-electron chi connectivity index (χ0n) is 12.0. The van der Waals surface area contributed by atoms with E-state index in [1.54, 1.807) is 6.20 Å². The zero-order valence-corrected chi connectivity index (χ0v) is 12.0. The third-order valence-electron chi connectivity index (χ3n) is 2.92. The van der Waals surface area contributed by atoms with Gasteiger partial charge in [-0.15, -0.1) is 0 Å². The molecule has 2 aromatic rings. The standard InChI is InChI=1S/C15H21N3O/c1-11(2)18-10-14(9-17-18)19-15-6-5-12(3)7-13(15)8-16-4/h5-7,9-11,16H,8H2,1-4H3. The van der Waals surface area contributed by atoms with Crippen LogP contribution in [0.25, 0.3) is 0 Å². The monoisotopic (exact) mass is 259 g/mol. The number of benzene rings is 1. The summed E-state index contributed by atoms with van der Waals surface area (Å²) in [5.74, 6) is 1.65. The van der Waals surface area contributed by atoms with E-state index in [1.807, 2.05) is 24.0 Å². The van der Waals surface area contributed by atoms with E-state index in [4.69, 9.17) is 4.74 Å². The van der Waals surface area contributed by atoms with E-state index in [9.17, 15) is 0 Å². The highest BCUT2D eigenvalue weighted by Crippen LogP contribution is 2.26. The molecule has 1 aromatic carbocycles. The Bertz CT molecular complexity index is 546. The van der Waals surface area contributed by atoms with E-state index < -0.39 is 0 Å². The third kappa shape index (κ3) is 3.35. The topological polar surface area (TPSA) is 39.1 Å². The van der Waals surface area contributed by atoms with Crippen molar-refractivity contribution in [1.82, 2.24) is 15.1 Å². The highest BCUT2D eigenvalue weighted by Gasteiger charge is 2.07. The van der Waals surface area contributed by atoms with Gasteiger partial charge < -0.3 is 10.1 Å². The minimum Gasteiger partial charge on any atom is -0.454 e. The van der Waals surface area contributed by atoms with Crippen LogP contribution in [0.3, 0.4) is 0 Å². The molecule has 0 radical (unpaired) electrons. The number of hydrogen-bond donors (Lipinski definition) is 1. The second-order valence-corrected chi connectivity index (χ2v) is 4.99. The lowest BCUT2D eigenvalue weighted by Crippen LogP contribution is -2.06. The van der Waals surface area contributed by atoms with E-state index in [0.717, 1.165) is 23.6 Å². The number of nitrogens with zero attached hydrogens (tertiary/aromatic N) is 2. The molecule has 4 nitrogen and oxygen atoms in total. The predicted octanol–water partition coefficient (Wildman–Crippen LogP) is 3.28. The molecule has 0 spiro atoms. The molecule has 0 aliphatic carbocycles. The molecule has 0 bridgehead atoms. The largest absolute Gasteiger partial charge is 0.454 e. The first-order valence-electron chi connectivity index (χ1n) is 6.56. The average Bonchev–Trinajstić information content (AvgIpc) is 2.82.